The molecular weight excluding hydrogens is 482 g/mol. The number of rotatable bonds is 1. The summed E-state index contributed by atoms with van der Waals surface area (Å²) in [6.45, 7) is 4.69. The van der Waals surface area contributed by atoms with E-state index in [2.05, 4.69) is 140 Å². The first kappa shape index (κ1) is 22.0. The van der Waals surface area contributed by atoms with Crippen molar-refractivity contribution in [1.82, 2.24) is 4.98 Å². The predicted molar refractivity (Wildman–Crippen MR) is 171 cm³/mol. The Morgan fingerprint density at radius 2 is 0.950 bits per heavy atom. The van der Waals surface area contributed by atoms with Gasteiger partial charge in [0.15, 0.2) is 0 Å². The summed E-state index contributed by atoms with van der Waals surface area (Å²) in [6.07, 6.45) is 0. The highest BCUT2D eigenvalue weighted by Crippen LogP contribution is 2.50. The van der Waals surface area contributed by atoms with Crippen LogP contribution in [0.4, 0.5) is 0 Å². The molecule has 1 nitrogen and oxygen atoms in total. The maximum absolute atomic E-state index is 3.72. The molecule has 0 spiro atoms. The van der Waals surface area contributed by atoms with Crippen LogP contribution in [0.5, 0.6) is 0 Å². The lowest BCUT2D eigenvalue weighted by atomic mass is 9.82. The van der Waals surface area contributed by atoms with E-state index in [-0.39, 0.29) is 5.41 Å². The topological polar surface area (TPSA) is 15.8 Å². The van der Waals surface area contributed by atoms with Gasteiger partial charge in [0.2, 0.25) is 0 Å². The second-order valence-corrected chi connectivity index (χ2v) is 11.9. The summed E-state index contributed by atoms with van der Waals surface area (Å²) in [5.41, 5.74) is 10.4. The molecule has 0 atom stereocenters. The standard InChI is InChI=1S/C39H27N/c1-39(2)35-14-8-7-13-30(35)32-21-34-33-20-24(16-18-37(33)40-38(34)22-36(32)39)23-15-17-29-27-11-4-3-9-25(27)26-10-5-6-12-28(26)31(29)19-23/h3-22,40H,1-2H3. The van der Waals surface area contributed by atoms with Gasteiger partial charge in [-0.2, -0.15) is 0 Å². The van der Waals surface area contributed by atoms with E-state index in [1.807, 2.05) is 0 Å². The molecule has 0 aliphatic heterocycles. The molecule has 1 aliphatic rings. The average Bonchev–Trinajstić information content (AvgIpc) is 3.47. The lowest BCUT2D eigenvalue weighted by Crippen LogP contribution is -2.14. The van der Waals surface area contributed by atoms with E-state index in [0.717, 1.165) is 0 Å². The number of aromatic amines is 1. The summed E-state index contributed by atoms with van der Waals surface area (Å²) >= 11 is 0. The van der Waals surface area contributed by atoms with Crippen molar-refractivity contribution in [3.63, 3.8) is 0 Å². The Morgan fingerprint density at radius 1 is 0.400 bits per heavy atom. The zero-order chi connectivity index (χ0) is 26.6. The molecule has 1 N–H and O–H groups in total. The normalized spacial score (nSPS) is 13.9. The molecule has 40 heavy (non-hydrogen) atoms. The summed E-state index contributed by atoms with van der Waals surface area (Å²) in [7, 11) is 0. The van der Waals surface area contributed by atoms with Crippen molar-refractivity contribution >= 4 is 54.1 Å². The van der Waals surface area contributed by atoms with Crippen LogP contribution in [0.2, 0.25) is 0 Å². The van der Waals surface area contributed by atoms with Crippen LogP contribution >= 0.6 is 0 Å². The quantitative estimate of drug-likeness (QED) is 0.212. The van der Waals surface area contributed by atoms with Crippen molar-refractivity contribution in [3.05, 3.63) is 132 Å². The zero-order valence-corrected chi connectivity index (χ0v) is 22.5. The Labute approximate surface area is 232 Å². The first-order chi connectivity index (χ1) is 19.6. The fourth-order valence-corrected chi connectivity index (χ4v) is 7.36. The molecule has 9 rings (SSSR count). The minimum Gasteiger partial charge on any atom is -0.355 e. The number of aromatic nitrogens is 1. The van der Waals surface area contributed by atoms with Gasteiger partial charge in [0.05, 0.1) is 0 Å². The van der Waals surface area contributed by atoms with Crippen LogP contribution < -0.4 is 0 Å². The van der Waals surface area contributed by atoms with Crippen LogP contribution in [0.1, 0.15) is 25.0 Å². The first-order valence-electron chi connectivity index (χ1n) is 14.1. The number of hydrogen-bond donors (Lipinski definition) is 1. The highest BCUT2D eigenvalue weighted by Gasteiger charge is 2.35. The summed E-state index contributed by atoms with van der Waals surface area (Å²) in [6, 6.07) is 45.1. The van der Waals surface area contributed by atoms with Gasteiger partial charge < -0.3 is 4.98 Å². The minimum absolute atomic E-state index is 0.000608. The van der Waals surface area contributed by atoms with E-state index < -0.39 is 0 Å². The van der Waals surface area contributed by atoms with Crippen LogP contribution in [0.15, 0.2) is 121 Å². The van der Waals surface area contributed by atoms with Crippen LogP contribution in [0.3, 0.4) is 0 Å². The van der Waals surface area contributed by atoms with Gasteiger partial charge in [0.25, 0.3) is 0 Å². The molecule has 0 fully saturated rings. The molecule has 8 aromatic rings. The Balaban J connectivity index is 1.28. The Hall–Kier alpha value is -4.88. The van der Waals surface area contributed by atoms with Crippen molar-refractivity contribution in [2.24, 2.45) is 0 Å². The Bertz CT molecular complexity index is 2310. The highest BCUT2D eigenvalue weighted by molar-refractivity contribution is 6.25. The van der Waals surface area contributed by atoms with Crippen LogP contribution in [-0.2, 0) is 5.41 Å². The molecular formula is C39H27N. The van der Waals surface area contributed by atoms with Crippen molar-refractivity contribution < 1.29 is 0 Å². The second kappa shape index (κ2) is 7.61. The fraction of sp³-hybridized carbons (Fsp3) is 0.0769. The van der Waals surface area contributed by atoms with Gasteiger partial charge >= 0.3 is 0 Å². The van der Waals surface area contributed by atoms with Crippen molar-refractivity contribution in [2.45, 2.75) is 19.3 Å². The molecule has 1 heterocycles. The van der Waals surface area contributed by atoms with Crippen LogP contribution in [-0.4, -0.2) is 4.98 Å². The van der Waals surface area contributed by atoms with Crippen molar-refractivity contribution in [3.8, 4) is 22.3 Å². The Kier molecular flexibility index (Phi) is 4.18. The van der Waals surface area contributed by atoms with Gasteiger partial charge in [-0.05, 0) is 96.0 Å². The molecule has 1 aliphatic carbocycles. The zero-order valence-electron chi connectivity index (χ0n) is 22.5. The number of benzene rings is 7. The maximum Gasteiger partial charge on any atom is 0.0468 e. The van der Waals surface area contributed by atoms with E-state index in [9.17, 15) is 0 Å². The highest BCUT2D eigenvalue weighted by atomic mass is 14.7. The average molecular weight is 510 g/mol. The summed E-state index contributed by atoms with van der Waals surface area (Å²) < 4.78 is 0. The number of nitrogens with one attached hydrogen (secondary N) is 1. The molecule has 0 amide bonds. The SMILES string of the molecule is CC1(C)c2ccccc2-c2cc3c(cc21)[nH]c1ccc(-c2ccc4c5ccccc5c5ccccc5c4c2)cc13. The van der Waals surface area contributed by atoms with E-state index >= 15 is 0 Å². The monoisotopic (exact) mass is 509 g/mol. The van der Waals surface area contributed by atoms with Crippen molar-refractivity contribution in [2.75, 3.05) is 0 Å². The van der Waals surface area contributed by atoms with Gasteiger partial charge in [-0.25, -0.2) is 0 Å². The van der Waals surface area contributed by atoms with Crippen molar-refractivity contribution in [1.29, 1.82) is 0 Å². The van der Waals surface area contributed by atoms with E-state index in [1.165, 1.54) is 87.5 Å². The van der Waals surface area contributed by atoms with Crippen LogP contribution in [0, 0.1) is 0 Å². The third-order valence-corrected chi connectivity index (χ3v) is 9.38. The molecule has 1 heteroatoms. The van der Waals surface area contributed by atoms with Gasteiger partial charge in [0.1, 0.15) is 0 Å². The molecule has 0 unspecified atom stereocenters. The number of hydrogen-bond acceptors (Lipinski definition) is 0. The minimum atomic E-state index is 0.000608. The smallest absolute Gasteiger partial charge is 0.0468 e. The largest absolute Gasteiger partial charge is 0.355 e. The van der Waals surface area contributed by atoms with Crippen LogP contribution in [0.25, 0.3) is 76.4 Å². The Morgan fingerprint density at radius 3 is 1.68 bits per heavy atom. The molecule has 1 aromatic heterocycles. The van der Waals surface area contributed by atoms with E-state index in [1.54, 1.807) is 0 Å². The first-order valence-corrected chi connectivity index (χ1v) is 14.1. The molecule has 0 saturated carbocycles. The second-order valence-electron chi connectivity index (χ2n) is 11.9. The number of fused-ring (bicyclic) bond motifs is 12. The van der Waals surface area contributed by atoms with Gasteiger partial charge in [-0.15, -0.1) is 0 Å². The third kappa shape index (κ3) is 2.82. The molecule has 0 bridgehead atoms. The van der Waals surface area contributed by atoms with Gasteiger partial charge in [-0.1, -0.05) is 105 Å². The molecule has 0 saturated heterocycles. The van der Waals surface area contributed by atoms with E-state index in [4.69, 9.17) is 0 Å². The van der Waals surface area contributed by atoms with E-state index in [0.29, 0.717) is 0 Å². The maximum atomic E-state index is 3.72. The fourth-order valence-electron chi connectivity index (χ4n) is 7.36. The molecule has 7 aromatic carbocycles. The van der Waals surface area contributed by atoms with Gasteiger partial charge in [0, 0.05) is 27.2 Å². The molecule has 0 radical (unpaired) electrons. The molecule has 188 valence electrons. The number of H-pyrrole nitrogens is 1. The lowest BCUT2D eigenvalue weighted by Gasteiger charge is -2.21. The summed E-state index contributed by atoms with van der Waals surface area (Å²) in [5, 5.41) is 10.4. The summed E-state index contributed by atoms with van der Waals surface area (Å²) in [5.74, 6) is 0. The predicted octanol–water partition coefficient (Wildman–Crippen LogP) is 10.8. The third-order valence-electron chi connectivity index (χ3n) is 9.38. The lowest BCUT2D eigenvalue weighted by molar-refractivity contribution is 0.661. The summed E-state index contributed by atoms with van der Waals surface area (Å²) in [4.78, 5) is 3.72. The van der Waals surface area contributed by atoms with Gasteiger partial charge in [-0.3, -0.25) is 0 Å².